The van der Waals surface area contributed by atoms with Crippen molar-refractivity contribution in [3.8, 4) is 16.9 Å². The standard InChI is InChI=1S/C28H28Cl2O12/c1-13(31)37-12-22-24(38-14(2)32)25(39-15(3)33)26(40-16(4)34)28(42-22)41-19-10-20(29)23(21(30)11-19)17-6-8-18(9-7-17)27(35)36-5/h6-11,22,24-26,28H,12H2,1-5H3/t22-,24-,25+,26+,28?/m1/s1/i1D,2D,3D,4D. The maximum absolute atomic E-state index is 12.3. The molecule has 42 heavy (non-hydrogen) atoms. The summed E-state index contributed by atoms with van der Waals surface area (Å²) in [5.41, 5.74) is 1.18. The summed E-state index contributed by atoms with van der Waals surface area (Å²) >= 11 is 13.1. The number of hydrogen-bond donors (Lipinski definition) is 0. The predicted octanol–water partition coefficient (Wildman–Crippen LogP) is 3.91. The number of hydrogen-bond acceptors (Lipinski definition) is 12. The first-order chi connectivity index (χ1) is 21.9. The molecule has 3 rings (SSSR count). The lowest BCUT2D eigenvalue weighted by Crippen LogP contribution is -2.63. The Morgan fingerprint density at radius 1 is 0.810 bits per heavy atom. The lowest BCUT2D eigenvalue weighted by atomic mass is 9.98. The van der Waals surface area contributed by atoms with Gasteiger partial charge in [0.2, 0.25) is 12.4 Å². The molecule has 1 heterocycles. The zero-order chi connectivity index (χ0) is 34.0. The third kappa shape index (κ3) is 8.34. The highest BCUT2D eigenvalue weighted by molar-refractivity contribution is 6.39. The van der Waals surface area contributed by atoms with Crippen molar-refractivity contribution in [1.82, 2.24) is 0 Å². The van der Waals surface area contributed by atoms with Crippen LogP contribution in [0, 0.1) is 0 Å². The first kappa shape index (κ1) is 27.0. The number of esters is 5. The fourth-order valence-corrected chi connectivity index (χ4v) is 4.74. The molecule has 12 nitrogen and oxygen atoms in total. The van der Waals surface area contributed by atoms with Crippen molar-refractivity contribution in [1.29, 1.82) is 0 Å². The number of halogens is 2. The zero-order valence-corrected chi connectivity index (χ0v) is 23.6. The molecule has 1 unspecified atom stereocenters. The Balaban J connectivity index is 2.04. The van der Waals surface area contributed by atoms with Crippen molar-refractivity contribution in [2.75, 3.05) is 13.7 Å². The smallest absolute Gasteiger partial charge is 0.337 e. The Kier molecular flexibility index (Phi) is 9.22. The Hall–Kier alpha value is -3.87. The van der Waals surface area contributed by atoms with Gasteiger partial charge >= 0.3 is 29.8 Å². The molecular formula is C28H28Cl2O12. The van der Waals surface area contributed by atoms with Crippen molar-refractivity contribution in [2.45, 2.75) is 58.3 Å². The predicted molar refractivity (Wildman–Crippen MR) is 146 cm³/mol. The molecular weight excluding hydrogens is 599 g/mol. The number of ether oxygens (including phenoxy) is 7. The molecule has 0 spiro atoms. The van der Waals surface area contributed by atoms with E-state index >= 15 is 0 Å². The second kappa shape index (κ2) is 14.3. The lowest BCUT2D eigenvalue weighted by molar-refractivity contribution is -0.288. The van der Waals surface area contributed by atoms with Crippen LogP contribution >= 0.6 is 23.2 Å². The fraction of sp³-hybridized carbons (Fsp3) is 0.393. The van der Waals surface area contributed by atoms with Gasteiger partial charge in [0, 0.05) is 38.6 Å². The van der Waals surface area contributed by atoms with Gasteiger partial charge in [0.1, 0.15) is 18.5 Å². The molecule has 2 aromatic carbocycles. The molecule has 0 N–H and O–H groups in total. The molecule has 0 amide bonds. The van der Waals surface area contributed by atoms with Crippen LogP contribution in [0.5, 0.6) is 5.75 Å². The van der Waals surface area contributed by atoms with E-state index in [0.717, 1.165) is 0 Å². The van der Waals surface area contributed by atoms with E-state index in [1.54, 1.807) is 12.1 Å². The van der Waals surface area contributed by atoms with E-state index in [0.29, 0.717) is 11.1 Å². The summed E-state index contributed by atoms with van der Waals surface area (Å²) in [6.45, 7) is -4.08. The molecule has 0 bridgehead atoms. The summed E-state index contributed by atoms with van der Waals surface area (Å²) in [7, 11) is 1.25. The molecule has 1 saturated heterocycles. The van der Waals surface area contributed by atoms with Crippen LogP contribution in [0.3, 0.4) is 0 Å². The minimum atomic E-state index is -1.74. The van der Waals surface area contributed by atoms with E-state index in [9.17, 15) is 24.0 Å². The van der Waals surface area contributed by atoms with E-state index in [1.165, 1.54) is 31.4 Å². The second-order valence-electron chi connectivity index (χ2n) is 8.54. The van der Waals surface area contributed by atoms with Crippen LogP contribution in [0.4, 0.5) is 0 Å². The molecule has 5 atom stereocenters. The monoisotopic (exact) mass is 630 g/mol. The van der Waals surface area contributed by atoms with Crippen molar-refractivity contribution in [2.24, 2.45) is 0 Å². The van der Waals surface area contributed by atoms with Gasteiger partial charge in [0.25, 0.3) is 0 Å². The number of benzene rings is 2. The fourth-order valence-electron chi connectivity index (χ4n) is 4.06. The number of carbonyl (C=O) groups is 5. The molecule has 226 valence electrons. The summed E-state index contributed by atoms with van der Waals surface area (Å²) in [5, 5.41) is 0.147. The van der Waals surface area contributed by atoms with Gasteiger partial charge in [-0.3, -0.25) is 19.2 Å². The summed E-state index contributed by atoms with van der Waals surface area (Å²) in [4.78, 5) is 60.3. The van der Waals surface area contributed by atoms with Gasteiger partial charge < -0.3 is 33.2 Å². The summed E-state index contributed by atoms with van der Waals surface area (Å²) in [6.07, 6.45) is -8.30. The van der Waals surface area contributed by atoms with Crippen LogP contribution in [0.25, 0.3) is 11.1 Å². The van der Waals surface area contributed by atoms with Crippen LogP contribution < -0.4 is 4.74 Å². The van der Waals surface area contributed by atoms with Crippen LogP contribution in [0.1, 0.15) is 43.4 Å². The van der Waals surface area contributed by atoms with Gasteiger partial charge in [-0.25, -0.2) is 4.79 Å². The Bertz CT molecular complexity index is 1400. The number of carbonyl (C=O) groups excluding carboxylic acids is 5. The quantitative estimate of drug-likeness (QED) is 0.292. The molecule has 1 aliphatic rings. The summed E-state index contributed by atoms with van der Waals surface area (Å²) in [6, 6.07) is 8.86. The van der Waals surface area contributed by atoms with Gasteiger partial charge in [0.15, 0.2) is 12.2 Å². The summed E-state index contributed by atoms with van der Waals surface area (Å²) in [5.74, 6) is -4.97. The third-order valence-corrected chi connectivity index (χ3v) is 6.26. The largest absolute Gasteiger partial charge is 0.465 e. The molecule has 2 aromatic rings. The minimum Gasteiger partial charge on any atom is -0.465 e. The molecule has 0 aliphatic carbocycles. The normalized spacial score (nSPS) is 22.7. The van der Waals surface area contributed by atoms with Crippen LogP contribution in [0.15, 0.2) is 36.4 Å². The van der Waals surface area contributed by atoms with Crippen molar-refractivity contribution in [3.05, 3.63) is 52.0 Å². The average Bonchev–Trinajstić information content (AvgIpc) is 3.05. The Morgan fingerprint density at radius 3 is 1.90 bits per heavy atom. The average molecular weight is 631 g/mol. The van der Waals surface area contributed by atoms with Gasteiger partial charge in [-0.05, 0) is 29.8 Å². The molecule has 14 heteroatoms. The molecule has 1 aliphatic heterocycles. The minimum absolute atomic E-state index is 0.0593. The first-order valence-corrected chi connectivity index (χ1v) is 12.6. The van der Waals surface area contributed by atoms with Crippen molar-refractivity contribution in [3.63, 3.8) is 0 Å². The highest BCUT2D eigenvalue weighted by atomic mass is 35.5. The first-order valence-electron chi connectivity index (χ1n) is 14.7. The van der Waals surface area contributed by atoms with E-state index < -0.39 is 94.8 Å². The Labute approximate surface area is 256 Å². The lowest BCUT2D eigenvalue weighted by Gasteiger charge is -2.43. The van der Waals surface area contributed by atoms with Gasteiger partial charge in [0.05, 0.1) is 22.7 Å². The summed E-state index contributed by atoms with van der Waals surface area (Å²) < 4.78 is 66.7. The number of methoxy groups -OCH3 is 1. The van der Waals surface area contributed by atoms with Gasteiger partial charge in [-0.2, -0.15) is 0 Å². The van der Waals surface area contributed by atoms with Gasteiger partial charge in [-0.15, -0.1) is 0 Å². The molecule has 1 fully saturated rings. The maximum atomic E-state index is 12.3. The highest BCUT2D eigenvalue weighted by Gasteiger charge is 2.53. The van der Waals surface area contributed by atoms with Crippen LogP contribution in [-0.2, 0) is 47.6 Å². The molecule has 0 radical (unpaired) electrons. The third-order valence-electron chi connectivity index (χ3n) is 5.66. The van der Waals surface area contributed by atoms with E-state index in [2.05, 4.69) is 0 Å². The van der Waals surface area contributed by atoms with Crippen molar-refractivity contribution < 1.29 is 62.6 Å². The molecule has 0 aromatic heterocycles. The van der Waals surface area contributed by atoms with E-state index in [4.69, 9.17) is 61.8 Å². The maximum Gasteiger partial charge on any atom is 0.337 e. The van der Waals surface area contributed by atoms with Crippen LogP contribution in [-0.4, -0.2) is 74.3 Å². The Morgan fingerprint density at radius 2 is 1.36 bits per heavy atom. The van der Waals surface area contributed by atoms with E-state index in [1.807, 2.05) is 0 Å². The molecule has 0 saturated carbocycles. The number of rotatable bonds is 9. The topological polar surface area (TPSA) is 150 Å². The highest BCUT2D eigenvalue weighted by Crippen LogP contribution is 2.39. The van der Waals surface area contributed by atoms with Gasteiger partial charge in [-0.1, -0.05) is 35.3 Å². The van der Waals surface area contributed by atoms with E-state index in [-0.39, 0.29) is 21.4 Å². The van der Waals surface area contributed by atoms with Crippen molar-refractivity contribution >= 4 is 53.0 Å². The second-order valence-corrected chi connectivity index (χ2v) is 9.35. The SMILES string of the molecule is [2H]CC(=O)OC[C@H]1OC(Oc2cc(Cl)c(-c3ccc(C(=O)OC)cc3)c(Cl)c2)[C@@H](OC(=O)C[2H])[C@@H](OC(=O)C[2H])[C@@H]1OC(=O)C[2H]. The zero-order valence-electron chi connectivity index (χ0n) is 26.0. The van der Waals surface area contributed by atoms with Crippen LogP contribution in [0.2, 0.25) is 10.0 Å².